The average Bonchev–Trinajstić information content (AvgIpc) is 3.85. The van der Waals surface area contributed by atoms with Crippen LogP contribution in [0.4, 0.5) is 0 Å². The number of likely N-dealkylation sites (tertiary alicyclic amines) is 1. The summed E-state index contributed by atoms with van der Waals surface area (Å²) < 4.78 is 0. The van der Waals surface area contributed by atoms with Gasteiger partial charge in [0.25, 0.3) is 5.91 Å². The lowest BCUT2D eigenvalue weighted by Crippen LogP contribution is -3.19. The zero-order valence-corrected chi connectivity index (χ0v) is 46.1. The van der Waals surface area contributed by atoms with E-state index in [1.807, 2.05) is 56.3 Å². The fraction of sp³-hybridized carbons (Fsp3) is 0.590. The number of aryl methyl sites for hydroxylation is 3. The van der Waals surface area contributed by atoms with E-state index in [1.165, 1.54) is 10.5 Å². The summed E-state index contributed by atoms with van der Waals surface area (Å²) in [5.41, 5.74) is 18.5. The number of nitrogens with zero attached hydrogens (tertiary/aromatic N) is 1. The minimum atomic E-state index is -1.04. The Hall–Kier alpha value is -6.09. The third-order valence-electron chi connectivity index (χ3n) is 15.6. The number of fused-ring (bicyclic) bond motifs is 1. The van der Waals surface area contributed by atoms with E-state index in [-0.39, 0.29) is 72.7 Å². The van der Waals surface area contributed by atoms with Crippen molar-refractivity contribution in [3.05, 3.63) is 101 Å². The van der Waals surface area contributed by atoms with Gasteiger partial charge in [0.15, 0.2) is 6.04 Å². The maximum Gasteiger partial charge on any atom is 0.275 e. The molecule has 5 amide bonds. The van der Waals surface area contributed by atoms with E-state index < -0.39 is 5.97 Å². The number of imidazole rings is 1. The molecule has 0 aliphatic carbocycles. The minimum absolute atomic E-state index is 0.000230. The number of carboxylic acid groups (broad SMARTS) is 1. The molecule has 0 saturated carbocycles. The van der Waals surface area contributed by atoms with Gasteiger partial charge in [0.05, 0.1) is 36.9 Å². The van der Waals surface area contributed by atoms with Gasteiger partial charge in [-0.2, -0.15) is 0 Å². The molecule has 76 heavy (non-hydrogen) atoms. The zero-order valence-electron chi connectivity index (χ0n) is 46.1. The molecule has 5 rings (SSSR count). The van der Waals surface area contributed by atoms with Crippen LogP contribution in [0.25, 0.3) is 11.0 Å². The molecule has 6 atom stereocenters. The van der Waals surface area contributed by atoms with Gasteiger partial charge < -0.3 is 47.2 Å². The topological polar surface area (TPSA) is 247 Å². The van der Waals surface area contributed by atoms with E-state index in [9.17, 15) is 33.9 Å². The molecule has 0 spiro atoms. The molecule has 15 heteroatoms. The number of aromatic nitrogens is 2. The number of aromatic amines is 1. The van der Waals surface area contributed by atoms with Crippen molar-refractivity contribution < 1.29 is 38.8 Å². The first-order valence-electron chi connectivity index (χ1n) is 28.5. The molecule has 4 aromatic rings. The maximum atomic E-state index is 13.2. The summed E-state index contributed by atoms with van der Waals surface area (Å²) in [6.45, 7) is 11.0. The number of amides is 5. The van der Waals surface area contributed by atoms with Gasteiger partial charge in [0.1, 0.15) is 0 Å². The number of primary amides is 2. The predicted molar refractivity (Wildman–Crippen MR) is 297 cm³/mol. The summed E-state index contributed by atoms with van der Waals surface area (Å²) in [5.74, 6) is -0.113. The molecule has 1 saturated heterocycles. The molecule has 1 aliphatic rings. The number of quaternary nitrogens is 1. The molecular formula is C61H90N8O7. The number of nitrogens with one attached hydrogen (secondary N) is 5. The highest BCUT2D eigenvalue weighted by molar-refractivity contribution is 5.80. The van der Waals surface area contributed by atoms with Gasteiger partial charge in [0.2, 0.25) is 23.6 Å². The van der Waals surface area contributed by atoms with Crippen LogP contribution in [0.15, 0.2) is 73.1 Å². The number of carboxylic acids is 1. The fourth-order valence-corrected chi connectivity index (χ4v) is 11.3. The van der Waals surface area contributed by atoms with E-state index in [2.05, 4.69) is 64.0 Å². The first-order valence-corrected chi connectivity index (χ1v) is 28.5. The van der Waals surface area contributed by atoms with Gasteiger partial charge in [-0.05, 0) is 174 Å². The van der Waals surface area contributed by atoms with Crippen LogP contribution >= 0.6 is 0 Å². The smallest absolute Gasteiger partial charge is 0.275 e. The Kier molecular flexibility index (Phi) is 26.0. The van der Waals surface area contributed by atoms with Crippen LogP contribution in [-0.2, 0) is 61.0 Å². The van der Waals surface area contributed by atoms with Crippen LogP contribution in [0.1, 0.15) is 165 Å². The number of unbranched alkanes of at least 4 members (excludes halogenated alkanes) is 1. The molecule has 1 fully saturated rings. The Bertz CT molecular complexity index is 2440. The molecule has 6 unspecified atom stereocenters. The monoisotopic (exact) mass is 1050 g/mol. The Morgan fingerprint density at radius 1 is 0.697 bits per heavy atom. The Balaban J connectivity index is 1.12. The zero-order chi connectivity index (χ0) is 54.8. The van der Waals surface area contributed by atoms with Gasteiger partial charge in [-0.3, -0.25) is 24.0 Å². The molecular weight excluding hydrogens is 957 g/mol. The first kappa shape index (κ1) is 60.8. The highest BCUT2D eigenvalue weighted by Crippen LogP contribution is 2.31. The lowest BCUT2D eigenvalue weighted by Gasteiger charge is -2.41. The molecule has 416 valence electrons. The standard InChI is InChI=1S/C61H90N8O7/c1-42(2)19-20-45(31-33-69-40-51(28-23-44-12-6-5-7-13-44)50(16-11-18-60(74)75)37-55(69)61(63)76)21-22-46(36-59(73)68-43(3)4)14-10-17-57(71)64-32-9-8-15-49-27-24-47(26-30-56(62)70)34-52(49)38-58(72)65-39-48-25-29-53-54(35-48)67-41-66-53/h5-7,12-13,24-25,27,29,34-35,41-43,45-46,50-51,55H,8-11,14-23,26,28,30-33,36-40H2,1-4H3,(H2,62,70)(H2,63,76)(H,64,71)(H,65,72)(H,66,67)(H,68,73)(H,74,75). The van der Waals surface area contributed by atoms with Crippen molar-refractivity contribution in [2.75, 3.05) is 19.6 Å². The molecule has 0 radical (unpaired) electrons. The Morgan fingerprint density at radius 2 is 1.46 bits per heavy atom. The summed E-state index contributed by atoms with van der Waals surface area (Å²) in [4.78, 5) is 84.2. The highest BCUT2D eigenvalue weighted by atomic mass is 16.4. The van der Waals surface area contributed by atoms with Crippen molar-refractivity contribution in [3.8, 4) is 0 Å². The van der Waals surface area contributed by atoms with Crippen LogP contribution in [0, 0.1) is 29.6 Å². The van der Waals surface area contributed by atoms with E-state index in [1.54, 1.807) is 6.33 Å². The molecule has 1 aliphatic heterocycles. The number of nitrogens with two attached hydrogens (primary N) is 2. The largest absolute Gasteiger partial charge is 0.550 e. The van der Waals surface area contributed by atoms with Gasteiger partial charge in [0, 0.05) is 56.7 Å². The number of aliphatic carboxylic acids is 1. The summed E-state index contributed by atoms with van der Waals surface area (Å²) >= 11 is 0. The van der Waals surface area contributed by atoms with Crippen LogP contribution in [-0.4, -0.2) is 77.2 Å². The molecule has 15 nitrogen and oxygen atoms in total. The number of benzene rings is 3. The summed E-state index contributed by atoms with van der Waals surface area (Å²) in [6, 6.07) is 22.0. The van der Waals surface area contributed by atoms with Gasteiger partial charge in [-0.15, -0.1) is 0 Å². The number of hydrogen-bond donors (Lipinski definition) is 7. The number of piperidine rings is 1. The second kappa shape index (κ2) is 32.5. The molecule has 2 heterocycles. The minimum Gasteiger partial charge on any atom is -0.550 e. The number of carbonyl (C=O) groups excluding carboxylic acids is 6. The summed E-state index contributed by atoms with van der Waals surface area (Å²) in [5, 5.41) is 20.6. The van der Waals surface area contributed by atoms with Gasteiger partial charge >= 0.3 is 0 Å². The molecule has 0 bridgehead atoms. The van der Waals surface area contributed by atoms with Crippen LogP contribution in [0.3, 0.4) is 0 Å². The quantitative estimate of drug-likeness (QED) is 0.0261. The van der Waals surface area contributed by atoms with Crippen molar-refractivity contribution in [3.63, 3.8) is 0 Å². The second-order valence-corrected chi connectivity index (χ2v) is 22.6. The van der Waals surface area contributed by atoms with E-state index >= 15 is 0 Å². The van der Waals surface area contributed by atoms with Gasteiger partial charge in [-0.25, -0.2) is 4.98 Å². The normalized spacial score (nSPS) is 17.3. The van der Waals surface area contributed by atoms with Crippen molar-refractivity contribution in [2.24, 2.45) is 41.1 Å². The van der Waals surface area contributed by atoms with Crippen molar-refractivity contribution >= 4 is 46.5 Å². The Labute approximate surface area is 452 Å². The maximum absolute atomic E-state index is 13.2. The molecule has 1 aromatic heterocycles. The van der Waals surface area contributed by atoms with E-state index in [0.717, 1.165) is 123 Å². The summed E-state index contributed by atoms with van der Waals surface area (Å²) in [6.07, 6.45) is 15.9. The second-order valence-electron chi connectivity index (χ2n) is 22.6. The van der Waals surface area contributed by atoms with Crippen LogP contribution in [0.5, 0.6) is 0 Å². The van der Waals surface area contributed by atoms with Crippen molar-refractivity contribution in [1.29, 1.82) is 0 Å². The number of H-pyrrole nitrogens is 1. The summed E-state index contributed by atoms with van der Waals surface area (Å²) in [7, 11) is 0. The first-order chi connectivity index (χ1) is 36.5. The van der Waals surface area contributed by atoms with Crippen LogP contribution < -0.4 is 37.4 Å². The van der Waals surface area contributed by atoms with E-state index in [0.29, 0.717) is 69.4 Å². The average molecular weight is 1050 g/mol. The van der Waals surface area contributed by atoms with Crippen LogP contribution in [0.2, 0.25) is 0 Å². The predicted octanol–water partition coefficient (Wildman–Crippen LogP) is 6.13. The van der Waals surface area contributed by atoms with Gasteiger partial charge in [-0.1, -0.05) is 74.9 Å². The SMILES string of the molecule is CC(C)CCC(CCC(CCCC(=O)NCCCCc1ccc(CCC(N)=O)cc1CC(=O)NCc1ccc2nc[nH]c2c1)CC(=O)NC(C)C)CC[NH+]1CC(CCc2ccccc2)C(CCCC(=O)[O-])CC1C(N)=O. The number of carbonyl (C=O) groups is 6. The molecule has 9 N–H and O–H groups in total. The number of rotatable bonds is 36. The Morgan fingerprint density at radius 3 is 2.20 bits per heavy atom. The van der Waals surface area contributed by atoms with Crippen molar-refractivity contribution in [1.82, 2.24) is 25.9 Å². The highest BCUT2D eigenvalue weighted by Gasteiger charge is 2.41. The lowest BCUT2D eigenvalue weighted by molar-refractivity contribution is -0.927. The third kappa shape index (κ3) is 22.6. The fourth-order valence-electron chi connectivity index (χ4n) is 11.3. The lowest BCUT2D eigenvalue weighted by atomic mass is 9.76. The molecule has 3 aromatic carbocycles. The third-order valence-corrected chi connectivity index (χ3v) is 15.6. The number of hydrogen-bond acceptors (Lipinski definition) is 8. The van der Waals surface area contributed by atoms with E-state index in [4.69, 9.17) is 11.5 Å². The van der Waals surface area contributed by atoms with Crippen molar-refractivity contribution in [2.45, 2.75) is 181 Å².